The van der Waals surface area contributed by atoms with E-state index >= 15 is 0 Å². The van der Waals surface area contributed by atoms with Crippen LogP contribution in [0.15, 0.2) is 38.2 Å². The number of aliphatic carboxylic acids is 1. The average molecular weight is 355 g/mol. The monoisotopic (exact) mass is 354 g/mol. The molecule has 0 saturated heterocycles. The number of halogens is 1. The van der Waals surface area contributed by atoms with Crippen LogP contribution in [0.2, 0.25) is 0 Å². The van der Waals surface area contributed by atoms with E-state index in [0.29, 0.717) is 23.9 Å². The maximum Gasteiger partial charge on any atom is 0.307 e. The first-order valence-electron chi connectivity index (χ1n) is 6.07. The number of carboxylic acids is 1. The van der Waals surface area contributed by atoms with E-state index < -0.39 is 5.97 Å². The van der Waals surface area contributed by atoms with Crippen LogP contribution < -0.4 is 0 Å². The van der Waals surface area contributed by atoms with Gasteiger partial charge in [0.1, 0.15) is 0 Å². The zero-order valence-corrected chi connectivity index (χ0v) is 12.7. The van der Waals surface area contributed by atoms with Crippen molar-refractivity contribution >= 4 is 33.7 Å². The SMILES string of the molecule is O=C(O)C1CC1c1nc(CSc2ccc(Br)cc2)no1. The van der Waals surface area contributed by atoms with E-state index in [1.54, 1.807) is 11.8 Å². The summed E-state index contributed by atoms with van der Waals surface area (Å²) < 4.78 is 6.17. The summed E-state index contributed by atoms with van der Waals surface area (Å²) in [6.07, 6.45) is 0.594. The van der Waals surface area contributed by atoms with Crippen molar-refractivity contribution in [1.82, 2.24) is 10.1 Å². The number of nitrogens with zero attached hydrogens (tertiary/aromatic N) is 2. The van der Waals surface area contributed by atoms with Gasteiger partial charge in [-0.1, -0.05) is 21.1 Å². The average Bonchev–Trinajstić information content (AvgIpc) is 3.11. The van der Waals surface area contributed by atoms with Gasteiger partial charge in [0.15, 0.2) is 5.82 Å². The first-order valence-corrected chi connectivity index (χ1v) is 7.85. The molecule has 1 N–H and O–H groups in total. The Balaban J connectivity index is 1.58. The van der Waals surface area contributed by atoms with Crippen LogP contribution in [0.3, 0.4) is 0 Å². The summed E-state index contributed by atoms with van der Waals surface area (Å²) in [6, 6.07) is 7.98. The number of hydrogen-bond acceptors (Lipinski definition) is 5. The third-order valence-corrected chi connectivity index (χ3v) is 4.63. The fourth-order valence-electron chi connectivity index (χ4n) is 1.90. The molecule has 3 rings (SSSR count). The molecular weight excluding hydrogens is 344 g/mol. The van der Waals surface area contributed by atoms with Crippen molar-refractivity contribution in [2.75, 3.05) is 0 Å². The second-order valence-electron chi connectivity index (χ2n) is 4.58. The molecule has 0 spiro atoms. The van der Waals surface area contributed by atoms with Crippen molar-refractivity contribution in [3.63, 3.8) is 0 Å². The van der Waals surface area contributed by atoms with Crippen LogP contribution in [-0.2, 0) is 10.5 Å². The van der Waals surface area contributed by atoms with Crippen LogP contribution in [0.1, 0.15) is 24.1 Å². The number of carboxylic acid groups (broad SMARTS) is 1. The van der Waals surface area contributed by atoms with Gasteiger partial charge >= 0.3 is 5.97 Å². The smallest absolute Gasteiger partial charge is 0.307 e. The molecule has 0 amide bonds. The Labute approximate surface area is 127 Å². The summed E-state index contributed by atoms with van der Waals surface area (Å²) in [5.41, 5.74) is 0. The highest BCUT2D eigenvalue weighted by molar-refractivity contribution is 9.10. The molecule has 1 saturated carbocycles. The van der Waals surface area contributed by atoms with Crippen molar-refractivity contribution in [2.45, 2.75) is 23.0 Å². The van der Waals surface area contributed by atoms with Crippen LogP contribution in [0.5, 0.6) is 0 Å². The van der Waals surface area contributed by atoms with E-state index in [1.165, 1.54) is 0 Å². The van der Waals surface area contributed by atoms with E-state index in [1.807, 2.05) is 24.3 Å². The molecule has 1 aromatic carbocycles. The second kappa shape index (κ2) is 5.57. The summed E-state index contributed by atoms with van der Waals surface area (Å²) in [4.78, 5) is 16.2. The van der Waals surface area contributed by atoms with Crippen LogP contribution in [0, 0.1) is 5.92 Å². The maximum atomic E-state index is 10.8. The lowest BCUT2D eigenvalue weighted by Gasteiger charge is -1.97. The lowest BCUT2D eigenvalue weighted by molar-refractivity contribution is -0.138. The zero-order chi connectivity index (χ0) is 14.1. The van der Waals surface area contributed by atoms with Gasteiger partial charge in [0.25, 0.3) is 0 Å². The Morgan fingerprint density at radius 1 is 1.45 bits per heavy atom. The van der Waals surface area contributed by atoms with E-state index in [2.05, 4.69) is 26.1 Å². The van der Waals surface area contributed by atoms with Gasteiger partial charge in [-0.15, -0.1) is 11.8 Å². The molecule has 2 atom stereocenters. The van der Waals surface area contributed by atoms with E-state index in [4.69, 9.17) is 9.63 Å². The first kappa shape index (κ1) is 13.6. The summed E-state index contributed by atoms with van der Waals surface area (Å²) in [6.45, 7) is 0. The lowest BCUT2D eigenvalue weighted by Crippen LogP contribution is -1.99. The summed E-state index contributed by atoms with van der Waals surface area (Å²) >= 11 is 5.00. The highest BCUT2D eigenvalue weighted by atomic mass is 79.9. The van der Waals surface area contributed by atoms with Gasteiger partial charge in [-0.2, -0.15) is 4.98 Å². The minimum Gasteiger partial charge on any atom is -0.481 e. The molecule has 1 aliphatic rings. The van der Waals surface area contributed by atoms with Crippen LogP contribution in [0.25, 0.3) is 0 Å². The molecule has 7 heteroatoms. The van der Waals surface area contributed by atoms with Gasteiger partial charge in [-0.05, 0) is 30.7 Å². The van der Waals surface area contributed by atoms with Crippen molar-refractivity contribution in [3.05, 3.63) is 40.5 Å². The quantitative estimate of drug-likeness (QED) is 0.830. The summed E-state index contributed by atoms with van der Waals surface area (Å²) in [5, 5.41) is 12.8. The molecular formula is C13H11BrN2O3S. The van der Waals surface area contributed by atoms with Crippen LogP contribution in [-0.4, -0.2) is 21.2 Å². The number of carbonyl (C=O) groups is 1. The topological polar surface area (TPSA) is 76.2 Å². The van der Waals surface area contributed by atoms with Gasteiger partial charge < -0.3 is 9.63 Å². The lowest BCUT2D eigenvalue weighted by atomic mass is 10.3. The molecule has 1 heterocycles. The molecule has 20 heavy (non-hydrogen) atoms. The van der Waals surface area contributed by atoms with Gasteiger partial charge in [-0.25, -0.2) is 0 Å². The normalized spacial score (nSPS) is 20.9. The maximum absolute atomic E-state index is 10.8. The summed E-state index contributed by atoms with van der Waals surface area (Å²) in [7, 11) is 0. The Morgan fingerprint density at radius 3 is 2.85 bits per heavy atom. The Morgan fingerprint density at radius 2 is 2.20 bits per heavy atom. The number of aromatic nitrogens is 2. The molecule has 0 bridgehead atoms. The third kappa shape index (κ3) is 3.04. The first-order chi connectivity index (χ1) is 9.63. The third-order valence-electron chi connectivity index (χ3n) is 3.09. The van der Waals surface area contributed by atoms with E-state index in [-0.39, 0.29) is 11.8 Å². The summed E-state index contributed by atoms with van der Waals surface area (Å²) in [5.74, 6) is 0.399. The van der Waals surface area contributed by atoms with Crippen LogP contribution in [0.4, 0.5) is 0 Å². The number of hydrogen-bond donors (Lipinski definition) is 1. The predicted octanol–water partition coefficient (Wildman–Crippen LogP) is 3.31. The number of benzene rings is 1. The molecule has 1 fully saturated rings. The number of thioether (sulfide) groups is 1. The van der Waals surface area contributed by atoms with Gasteiger partial charge in [0.05, 0.1) is 17.6 Å². The van der Waals surface area contributed by atoms with Crippen molar-refractivity contribution < 1.29 is 14.4 Å². The van der Waals surface area contributed by atoms with Crippen molar-refractivity contribution in [3.8, 4) is 0 Å². The largest absolute Gasteiger partial charge is 0.481 e. The zero-order valence-electron chi connectivity index (χ0n) is 10.3. The Hall–Kier alpha value is -1.34. The standard InChI is InChI=1S/C13H11BrN2O3S/c14-7-1-3-8(4-2-7)20-6-11-15-12(19-16-11)9-5-10(9)13(17)18/h1-4,9-10H,5-6H2,(H,17,18). The van der Waals surface area contributed by atoms with Gasteiger partial charge in [-0.3, -0.25) is 4.79 Å². The molecule has 2 unspecified atom stereocenters. The molecule has 5 nitrogen and oxygen atoms in total. The fraction of sp³-hybridized carbons (Fsp3) is 0.308. The minimum atomic E-state index is -0.793. The van der Waals surface area contributed by atoms with Crippen molar-refractivity contribution in [2.24, 2.45) is 5.92 Å². The van der Waals surface area contributed by atoms with E-state index in [9.17, 15) is 4.79 Å². The second-order valence-corrected chi connectivity index (χ2v) is 6.54. The molecule has 1 aliphatic carbocycles. The Bertz CT molecular complexity index is 629. The Kier molecular flexibility index (Phi) is 3.80. The highest BCUT2D eigenvalue weighted by Gasteiger charge is 2.48. The molecule has 2 aromatic rings. The highest BCUT2D eigenvalue weighted by Crippen LogP contribution is 2.46. The fourth-order valence-corrected chi connectivity index (χ4v) is 2.90. The van der Waals surface area contributed by atoms with Crippen molar-refractivity contribution in [1.29, 1.82) is 0 Å². The molecule has 0 radical (unpaired) electrons. The van der Waals surface area contributed by atoms with Gasteiger partial charge in [0, 0.05) is 9.37 Å². The molecule has 104 valence electrons. The van der Waals surface area contributed by atoms with E-state index in [0.717, 1.165) is 9.37 Å². The molecule has 1 aromatic heterocycles. The van der Waals surface area contributed by atoms with Crippen LogP contribution >= 0.6 is 27.7 Å². The predicted molar refractivity (Wildman–Crippen MR) is 76.5 cm³/mol. The van der Waals surface area contributed by atoms with Gasteiger partial charge in [0.2, 0.25) is 5.89 Å². The molecule has 0 aliphatic heterocycles. The number of rotatable bonds is 5. The minimum absolute atomic E-state index is 0.105.